The van der Waals surface area contributed by atoms with Gasteiger partial charge in [0.15, 0.2) is 0 Å². The Labute approximate surface area is 94.9 Å². The number of hydrogen-bond donors (Lipinski definition) is 1. The Kier molecular flexibility index (Phi) is 3.17. The highest BCUT2D eigenvalue weighted by atomic mass is 16.5. The lowest BCUT2D eigenvalue weighted by Gasteiger charge is -2.09. The van der Waals surface area contributed by atoms with Gasteiger partial charge < -0.3 is 10.5 Å². The molecular weight excluding hydrogens is 200 g/mol. The second-order valence-electron chi connectivity index (χ2n) is 3.65. The molecule has 0 bridgehead atoms. The van der Waals surface area contributed by atoms with Crippen molar-refractivity contribution in [1.29, 1.82) is 0 Å². The number of aromatic nitrogens is 1. The summed E-state index contributed by atoms with van der Waals surface area (Å²) in [5.74, 6) is 1.51. The largest absolute Gasteiger partial charge is 0.456 e. The maximum atomic E-state index is 5.81. The predicted octanol–water partition coefficient (Wildman–Crippen LogP) is 2.89. The normalized spacial score (nSPS) is 12.1. The molecular formula is C13H14N2O. The molecule has 0 saturated carbocycles. The van der Waals surface area contributed by atoms with Crippen LogP contribution in [0.4, 0.5) is 0 Å². The summed E-state index contributed by atoms with van der Waals surface area (Å²) in [6.07, 6.45) is 3.39. The molecule has 1 atom stereocenters. The van der Waals surface area contributed by atoms with Crippen LogP contribution in [0.3, 0.4) is 0 Å². The van der Waals surface area contributed by atoms with Crippen molar-refractivity contribution in [3.63, 3.8) is 0 Å². The molecule has 1 aromatic carbocycles. The lowest BCUT2D eigenvalue weighted by Crippen LogP contribution is -2.04. The second kappa shape index (κ2) is 4.77. The summed E-state index contributed by atoms with van der Waals surface area (Å²) in [6, 6.07) is 11.5. The van der Waals surface area contributed by atoms with Crippen molar-refractivity contribution < 1.29 is 4.74 Å². The lowest BCUT2D eigenvalue weighted by molar-refractivity contribution is 0.479. The van der Waals surface area contributed by atoms with Crippen LogP contribution in [0, 0.1) is 0 Å². The van der Waals surface area contributed by atoms with Crippen LogP contribution in [0.1, 0.15) is 18.5 Å². The van der Waals surface area contributed by atoms with E-state index >= 15 is 0 Å². The zero-order valence-electron chi connectivity index (χ0n) is 9.13. The maximum absolute atomic E-state index is 5.81. The SMILES string of the molecule is CC(N)c1cccc(Oc2cccnc2)c1. The van der Waals surface area contributed by atoms with Gasteiger partial charge in [0.2, 0.25) is 0 Å². The van der Waals surface area contributed by atoms with Gasteiger partial charge in [0.25, 0.3) is 0 Å². The molecule has 0 spiro atoms. The fraction of sp³-hybridized carbons (Fsp3) is 0.154. The minimum absolute atomic E-state index is 0.0115. The van der Waals surface area contributed by atoms with Gasteiger partial charge in [-0.3, -0.25) is 4.98 Å². The van der Waals surface area contributed by atoms with E-state index in [-0.39, 0.29) is 6.04 Å². The summed E-state index contributed by atoms with van der Waals surface area (Å²) in [7, 11) is 0. The van der Waals surface area contributed by atoms with Crippen LogP contribution in [0.25, 0.3) is 0 Å². The molecule has 0 aliphatic rings. The summed E-state index contributed by atoms with van der Waals surface area (Å²) in [5, 5.41) is 0. The third kappa shape index (κ3) is 2.58. The first kappa shape index (κ1) is 10.6. The molecule has 3 nitrogen and oxygen atoms in total. The van der Waals surface area contributed by atoms with Crippen molar-refractivity contribution >= 4 is 0 Å². The number of rotatable bonds is 3. The quantitative estimate of drug-likeness (QED) is 0.854. The smallest absolute Gasteiger partial charge is 0.145 e. The third-order valence-electron chi connectivity index (χ3n) is 2.25. The van der Waals surface area contributed by atoms with Gasteiger partial charge in [-0.2, -0.15) is 0 Å². The van der Waals surface area contributed by atoms with E-state index in [1.54, 1.807) is 12.4 Å². The first-order valence-electron chi connectivity index (χ1n) is 5.19. The van der Waals surface area contributed by atoms with E-state index in [9.17, 15) is 0 Å². The van der Waals surface area contributed by atoms with Gasteiger partial charge in [0.1, 0.15) is 11.5 Å². The molecule has 0 aliphatic carbocycles. The number of nitrogens with zero attached hydrogens (tertiary/aromatic N) is 1. The Hall–Kier alpha value is -1.87. The van der Waals surface area contributed by atoms with Crippen molar-refractivity contribution in [1.82, 2.24) is 4.98 Å². The minimum atomic E-state index is 0.0115. The second-order valence-corrected chi connectivity index (χ2v) is 3.65. The van der Waals surface area contributed by atoms with Gasteiger partial charge in [0, 0.05) is 12.2 Å². The van der Waals surface area contributed by atoms with E-state index < -0.39 is 0 Å². The molecule has 0 aliphatic heterocycles. The van der Waals surface area contributed by atoms with E-state index in [2.05, 4.69) is 4.98 Å². The van der Waals surface area contributed by atoms with Crippen molar-refractivity contribution in [2.45, 2.75) is 13.0 Å². The molecule has 1 heterocycles. The Balaban J connectivity index is 2.19. The molecule has 2 aromatic rings. The summed E-state index contributed by atoms with van der Waals surface area (Å²) in [4.78, 5) is 3.99. The molecule has 1 unspecified atom stereocenters. The fourth-order valence-corrected chi connectivity index (χ4v) is 1.40. The average Bonchev–Trinajstić information content (AvgIpc) is 2.30. The van der Waals surface area contributed by atoms with Crippen LogP contribution >= 0.6 is 0 Å². The summed E-state index contributed by atoms with van der Waals surface area (Å²) >= 11 is 0. The van der Waals surface area contributed by atoms with Crippen molar-refractivity contribution in [3.05, 3.63) is 54.4 Å². The molecule has 0 saturated heterocycles. The molecule has 2 rings (SSSR count). The molecule has 3 heteroatoms. The first-order valence-corrected chi connectivity index (χ1v) is 5.19. The summed E-state index contributed by atoms with van der Waals surface area (Å²) in [6.45, 7) is 1.95. The van der Waals surface area contributed by atoms with Gasteiger partial charge in [-0.25, -0.2) is 0 Å². The van der Waals surface area contributed by atoms with Crippen LogP contribution in [0.5, 0.6) is 11.5 Å². The van der Waals surface area contributed by atoms with Gasteiger partial charge in [-0.1, -0.05) is 12.1 Å². The predicted molar refractivity (Wildman–Crippen MR) is 63.4 cm³/mol. The minimum Gasteiger partial charge on any atom is -0.456 e. The maximum Gasteiger partial charge on any atom is 0.145 e. The molecule has 1 aromatic heterocycles. The van der Waals surface area contributed by atoms with Crippen LogP contribution in [-0.2, 0) is 0 Å². The number of hydrogen-bond acceptors (Lipinski definition) is 3. The Morgan fingerprint density at radius 2 is 2.00 bits per heavy atom. The first-order chi connectivity index (χ1) is 7.75. The van der Waals surface area contributed by atoms with Gasteiger partial charge in [-0.15, -0.1) is 0 Å². The van der Waals surface area contributed by atoms with Crippen LogP contribution < -0.4 is 10.5 Å². The molecule has 0 radical (unpaired) electrons. The third-order valence-corrected chi connectivity index (χ3v) is 2.25. The monoisotopic (exact) mass is 214 g/mol. The topological polar surface area (TPSA) is 48.1 Å². The van der Waals surface area contributed by atoms with Crippen LogP contribution in [0.2, 0.25) is 0 Å². The van der Waals surface area contributed by atoms with E-state index in [0.717, 1.165) is 17.1 Å². The van der Waals surface area contributed by atoms with Gasteiger partial charge >= 0.3 is 0 Å². The van der Waals surface area contributed by atoms with E-state index in [4.69, 9.17) is 10.5 Å². The lowest BCUT2D eigenvalue weighted by atomic mass is 10.1. The molecule has 16 heavy (non-hydrogen) atoms. The number of nitrogens with two attached hydrogens (primary N) is 1. The zero-order valence-corrected chi connectivity index (χ0v) is 9.13. The number of pyridine rings is 1. The standard InChI is InChI=1S/C13H14N2O/c1-10(14)11-4-2-5-12(8-11)16-13-6-3-7-15-9-13/h2-10H,14H2,1H3. The number of benzene rings is 1. The Morgan fingerprint density at radius 3 is 2.69 bits per heavy atom. The van der Waals surface area contributed by atoms with Crippen LogP contribution in [-0.4, -0.2) is 4.98 Å². The molecule has 82 valence electrons. The van der Waals surface area contributed by atoms with Gasteiger partial charge in [-0.05, 0) is 36.8 Å². The van der Waals surface area contributed by atoms with E-state index in [0.29, 0.717) is 0 Å². The van der Waals surface area contributed by atoms with Gasteiger partial charge in [0.05, 0.1) is 6.20 Å². The molecule has 2 N–H and O–H groups in total. The Morgan fingerprint density at radius 1 is 1.19 bits per heavy atom. The average molecular weight is 214 g/mol. The molecule has 0 amide bonds. The summed E-state index contributed by atoms with van der Waals surface area (Å²) < 4.78 is 5.65. The Bertz CT molecular complexity index is 454. The van der Waals surface area contributed by atoms with Crippen molar-refractivity contribution in [3.8, 4) is 11.5 Å². The van der Waals surface area contributed by atoms with Crippen LogP contribution in [0.15, 0.2) is 48.8 Å². The van der Waals surface area contributed by atoms with Crippen molar-refractivity contribution in [2.24, 2.45) is 5.73 Å². The zero-order chi connectivity index (χ0) is 11.4. The van der Waals surface area contributed by atoms with Crippen molar-refractivity contribution in [2.75, 3.05) is 0 Å². The highest BCUT2D eigenvalue weighted by Crippen LogP contribution is 2.22. The van der Waals surface area contributed by atoms with E-state index in [1.165, 1.54) is 0 Å². The highest BCUT2D eigenvalue weighted by molar-refractivity contribution is 5.33. The summed E-state index contributed by atoms with van der Waals surface area (Å²) in [5.41, 5.74) is 6.86. The highest BCUT2D eigenvalue weighted by Gasteiger charge is 2.02. The number of ether oxygens (including phenoxy) is 1. The van der Waals surface area contributed by atoms with E-state index in [1.807, 2.05) is 43.3 Å². The fourth-order valence-electron chi connectivity index (χ4n) is 1.40. The molecule has 0 fully saturated rings.